The van der Waals surface area contributed by atoms with Crippen molar-refractivity contribution in [3.63, 3.8) is 0 Å². The normalized spacial score (nSPS) is 13.7. The molecule has 0 aliphatic carbocycles. The van der Waals surface area contributed by atoms with Crippen molar-refractivity contribution in [1.29, 1.82) is 0 Å². The first kappa shape index (κ1) is 23.8. The van der Waals surface area contributed by atoms with Crippen LogP contribution in [0.5, 0.6) is 0 Å². The molecule has 1 unspecified atom stereocenters. The van der Waals surface area contributed by atoms with Crippen molar-refractivity contribution in [1.82, 2.24) is 10.6 Å². The Bertz CT molecular complexity index is 626. The lowest BCUT2D eigenvalue weighted by atomic mass is 9.98. The number of alkyl carbamates (subject to hydrolysis) is 1. The number of ether oxygens (including phenoxy) is 2. The van der Waals surface area contributed by atoms with E-state index in [1.807, 2.05) is 50.4 Å². The Labute approximate surface area is 170 Å². The summed E-state index contributed by atoms with van der Waals surface area (Å²) in [5, 5.41) is 5.32. The molecular formula is C20H30N2O5S. The second-order valence-electron chi connectivity index (χ2n) is 6.44. The number of carbonyl (C=O) groups excluding carboxylic acids is 3. The number of carbonyl (C=O) groups is 3. The lowest BCUT2D eigenvalue weighted by molar-refractivity contribution is -0.146. The quantitative estimate of drug-likeness (QED) is 0.545. The fraction of sp³-hybridized carbons (Fsp3) is 0.550. The van der Waals surface area contributed by atoms with Crippen LogP contribution in [0.4, 0.5) is 4.79 Å². The standard InChI is InChI=1S/C20H30N2O5S/c1-5-14(2)17(19(24)26-3)22-18(23)16(11-12-28-4)21-20(25)27-13-15-9-7-6-8-10-15/h6-10,14,16-17H,5,11-13H2,1-4H3,(H,21,25)(H,22,23)/t14?,16-,17+/m1/s1. The van der Waals surface area contributed by atoms with E-state index in [-0.39, 0.29) is 12.5 Å². The van der Waals surface area contributed by atoms with E-state index in [4.69, 9.17) is 9.47 Å². The molecule has 0 fully saturated rings. The summed E-state index contributed by atoms with van der Waals surface area (Å²) in [5.74, 6) is -0.356. The third-order valence-corrected chi connectivity index (χ3v) is 5.04. The third kappa shape index (κ3) is 8.21. The van der Waals surface area contributed by atoms with Gasteiger partial charge in [0.05, 0.1) is 7.11 Å². The van der Waals surface area contributed by atoms with E-state index in [0.717, 1.165) is 5.56 Å². The van der Waals surface area contributed by atoms with E-state index in [0.29, 0.717) is 18.6 Å². The molecule has 1 rings (SSSR count). The third-order valence-electron chi connectivity index (χ3n) is 4.40. The second-order valence-corrected chi connectivity index (χ2v) is 7.42. The molecule has 2 amide bonds. The Hall–Kier alpha value is -2.22. The summed E-state index contributed by atoms with van der Waals surface area (Å²) in [6, 6.07) is 7.71. The Morgan fingerprint density at radius 2 is 1.82 bits per heavy atom. The van der Waals surface area contributed by atoms with Crippen molar-refractivity contribution in [2.24, 2.45) is 5.92 Å². The number of amides is 2. The van der Waals surface area contributed by atoms with Gasteiger partial charge in [-0.2, -0.15) is 11.8 Å². The van der Waals surface area contributed by atoms with Gasteiger partial charge in [-0.15, -0.1) is 0 Å². The van der Waals surface area contributed by atoms with Crippen LogP contribution >= 0.6 is 11.8 Å². The SMILES string of the molecule is CCC(C)[C@H](NC(=O)[C@@H](CCSC)NC(=O)OCc1ccccc1)C(=O)OC. The second kappa shape index (κ2) is 13.0. The zero-order valence-corrected chi connectivity index (χ0v) is 17.7. The smallest absolute Gasteiger partial charge is 0.408 e. The molecule has 0 saturated heterocycles. The van der Waals surface area contributed by atoms with Gasteiger partial charge in [-0.05, 0) is 29.9 Å². The number of thioether (sulfide) groups is 1. The highest BCUT2D eigenvalue weighted by Crippen LogP contribution is 2.11. The summed E-state index contributed by atoms with van der Waals surface area (Å²) >= 11 is 1.56. The Morgan fingerprint density at radius 3 is 2.39 bits per heavy atom. The molecule has 8 heteroatoms. The van der Waals surface area contributed by atoms with E-state index in [9.17, 15) is 14.4 Å². The molecule has 7 nitrogen and oxygen atoms in total. The van der Waals surface area contributed by atoms with Gasteiger partial charge in [0.2, 0.25) is 5.91 Å². The van der Waals surface area contributed by atoms with Crippen LogP contribution in [-0.4, -0.2) is 49.2 Å². The van der Waals surface area contributed by atoms with Crippen LogP contribution in [0.25, 0.3) is 0 Å². The molecule has 0 saturated carbocycles. The number of hydrogen-bond donors (Lipinski definition) is 2. The molecule has 0 bridgehead atoms. The summed E-state index contributed by atoms with van der Waals surface area (Å²) < 4.78 is 10.00. The van der Waals surface area contributed by atoms with E-state index < -0.39 is 30.1 Å². The van der Waals surface area contributed by atoms with Crippen LogP contribution in [0.1, 0.15) is 32.3 Å². The first-order chi connectivity index (χ1) is 13.4. The van der Waals surface area contributed by atoms with Gasteiger partial charge in [-0.1, -0.05) is 50.6 Å². The van der Waals surface area contributed by atoms with Crippen LogP contribution in [-0.2, 0) is 25.7 Å². The molecule has 28 heavy (non-hydrogen) atoms. The Kier molecular flexibility index (Phi) is 11.1. The monoisotopic (exact) mass is 410 g/mol. The largest absolute Gasteiger partial charge is 0.467 e. The molecular weight excluding hydrogens is 380 g/mol. The Morgan fingerprint density at radius 1 is 1.14 bits per heavy atom. The molecule has 1 aromatic rings. The van der Waals surface area contributed by atoms with Gasteiger partial charge in [-0.25, -0.2) is 9.59 Å². The Balaban J connectivity index is 2.71. The van der Waals surface area contributed by atoms with Crippen LogP contribution in [0.15, 0.2) is 30.3 Å². The van der Waals surface area contributed by atoms with Crippen molar-refractivity contribution in [3.8, 4) is 0 Å². The number of benzene rings is 1. The predicted molar refractivity (Wildman–Crippen MR) is 110 cm³/mol. The fourth-order valence-electron chi connectivity index (χ4n) is 2.46. The maximum absolute atomic E-state index is 12.7. The van der Waals surface area contributed by atoms with Gasteiger partial charge in [-0.3, -0.25) is 4.79 Å². The van der Waals surface area contributed by atoms with E-state index in [1.165, 1.54) is 7.11 Å². The average Bonchev–Trinajstić information content (AvgIpc) is 2.72. The molecule has 0 aliphatic rings. The number of nitrogens with one attached hydrogen (secondary N) is 2. The zero-order valence-electron chi connectivity index (χ0n) is 16.9. The number of esters is 1. The molecule has 0 heterocycles. The summed E-state index contributed by atoms with van der Waals surface area (Å²) in [6.45, 7) is 3.90. The van der Waals surface area contributed by atoms with Crippen LogP contribution in [0.3, 0.4) is 0 Å². The lowest BCUT2D eigenvalue weighted by Crippen LogP contribution is -2.53. The highest BCUT2D eigenvalue weighted by Gasteiger charge is 2.30. The average molecular weight is 411 g/mol. The number of rotatable bonds is 11. The van der Waals surface area contributed by atoms with E-state index in [1.54, 1.807) is 11.8 Å². The minimum absolute atomic E-state index is 0.0948. The topological polar surface area (TPSA) is 93.7 Å². The van der Waals surface area contributed by atoms with Gasteiger partial charge < -0.3 is 20.1 Å². The van der Waals surface area contributed by atoms with Gasteiger partial charge in [0.1, 0.15) is 18.7 Å². The lowest BCUT2D eigenvalue weighted by Gasteiger charge is -2.25. The van der Waals surface area contributed by atoms with Crippen molar-refractivity contribution >= 4 is 29.7 Å². The highest BCUT2D eigenvalue weighted by molar-refractivity contribution is 7.98. The highest BCUT2D eigenvalue weighted by atomic mass is 32.2. The molecule has 0 aliphatic heterocycles. The van der Waals surface area contributed by atoms with E-state index in [2.05, 4.69) is 10.6 Å². The summed E-state index contributed by atoms with van der Waals surface area (Å²) in [5.41, 5.74) is 0.852. The zero-order chi connectivity index (χ0) is 20.9. The van der Waals surface area contributed by atoms with Gasteiger partial charge in [0.25, 0.3) is 0 Å². The summed E-state index contributed by atoms with van der Waals surface area (Å²) in [6.07, 6.45) is 2.35. The van der Waals surface area contributed by atoms with Crippen LogP contribution in [0.2, 0.25) is 0 Å². The van der Waals surface area contributed by atoms with Crippen molar-refractivity contribution in [3.05, 3.63) is 35.9 Å². The van der Waals surface area contributed by atoms with Gasteiger partial charge >= 0.3 is 12.1 Å². The van der Waals surface area contributed by atoms with E-state index >= 15 is 0 Å². The minimum atomic E-state index is -0.799. The van der Waals surface area contributed by atoms with Gasteiger partial charge in [0, 0.05) is 0 Å². The van der Waals surface area contributed by atoms with Crippen molar-refractivity contribution in [2.75, 3.05) is 19.1 Å². The molecule has 156 valence electrons. The molecule has 0 spiro atoms. The predicted octanol–water partition coefficient (Wildman–Crippen LogP) is 2.74. The molecule has 1 aromatic carbocycles. The molecule has 0 radical (unpaired) electrons. The minimum Gasteiger partial charge on any atom is -0.467 e. The maximum Gasteiger partial charge on any atom is 0.408 e. The first-order valence-corrected chi connectivity index (χ1v) is 10.7. The van der Waals surface area contributed by atoms with Crippen LogP contribution < -0.4 is 10.6 Å². The number of methoxy groups -OCH3 is 1. The number of hydrogen-bond acceptors (Lipinski definition) is 6. The van der Waals surface area contributed by atoms with Gasteiger partial charge in [0.15, 0.2) is 0 Å². The maximum atomic E-state index is 12.7. The first-order valence-electron chi connectivity index (χ1n) is 9.27. The molecule has 3 atom stereocenters. The molecule has 0 aromatic heterocycles. The fourth-order valence-corrected chi connectivity index (χ4v) is 2.93. The summed E-state index contributed by atoms with van der Waals surface area (Å²) in [7, 11) is 1.29. The van der Waals surface area contributed by atoms with Crippen molar-refractivity contribution in [2.45, 2.75) is 45.4 Å². The van der Waals surface area contributed by atoms with Crippen molar-refractivity contribution < 1.29 is 23.9 Å². The summed E-state index contributed by atoms with van der Waals surface area (Å²) in [4.78, 5) is 36.9. The van der Waals surface area contributed by atoms with Crippen LogP contribution in [0, 0.1) is 5.92 Å². The molecule has 2 N–H and O–H groups in total.